The summed E-state index contributed by atoms with van der Waals surface area (Å²) in [5, 5.41) is 4.49. The fraction of sp³-hybridized carbons (Fsp3) is 0.125. The van der Waals surface area contributed by atoms with Crippen LogP contribution in [0.25, 0.3) is 11.0 Å². The number of H-pyrrole nitrogens is 1. The summed E-state index contributed by atoms with van der Waals surface area (Å²) >= 11 is 0. The maximum absolute atomic E-state index is 11.0. The third-order valence-electron chi connectivity index (χ3n) is 3.43. The largest absolute Gasteiger partial charge is 0.384 e. The van der Waals surface area contributed by atoms with Gasteiger partial charge in [0.1, 0.15) is 5.65 Å². The smallest absolute Gasteiger partial charge is 0.248 e. The Morgan fingerprint density at radius 3 is 2.76 bits per heavy atom. The van der Waals surface area contributed by atoms with Gasteiger partial charge in [-0.2, -0.15) is 0 Å². The van der Waals surface area contributed by atoms with Gasteiger partial charge < -0.3 is 16.0 Å². The van der Waals surface area contributed by atoms with Crippen molar-refractivity contribution in [2.24, 2.45) is 5.73 Å². The predicted octanol–water partition coefficient (Wildman–Crippen LogP) is 2.32. The minimum atomic E-state index is -0.397. The van der Waals surface area contributed by atoms with Gasteiger partial charge in [0.2, 0.25) is 5.91 Å². The third kappa shape index (κ3) is 2.86. The van der Waals surface area contributed by atoms with E-state index in [0.29, 0.717) is 5.56 Å². The zero-order valence-corrected chi connectivity index (χ0v) is 11.5. The molecule has 0 bridgehead atoms. The topological polar surface area (TPSA) is 83.8 Å². The van der Waals surface area contributed by atoms with Crippen LogP contribution in [0.5, 0.6) is 0 Å². The van der Waals surface area contributed by atoms with E-state index in [2.05, 4.69) is 15.3 Å². The molecule has 1 amide bonds. The first-order valence-corrected chi connectivity index (χ1v) is 6.79. The number of nitrogens with two attached hydrogens (primary N) is 1. The van der Waals surface area contributed by atoms with Gasteiger partial charge in [0.15, 0.2) is 0 Å². The van der Waals surface area contributed by atoms with Crippen LogP contribution >= 0.6 is 0 Å². The molecule has 2 aromatic heterocycles. The molecule has 0 aliphatic carbocycles. The van der Waals surface area contributed by atoms with E-state index in [9.17, 15) is 4.79 Å². The van der Waals surface area contributed by atoms with Crippen molar-refractivity contribution < 1.29 is 4.79 Å². The van der Waals surface area contributed by atoms with E-state index in [4.69, 9.17) is 5.73 Å². The van der Waals surface area contributed by atoms with Gasteiger partial charge in [0.25, 0.3) is 0 Å². The molecule has 0 saturated carbocycles. The average Bonchev–Trinajstić information content (AvgIpc) is 2.97. The first-order chi connectivity index (χ1) is 10.2. The number of fused-ring (bicyclic) bond motifs is 1. The van der Waals surface area contributed by atoms with E-state index in [-0.39, 0.29) is 0 Å². The van der Waals surface area contributed by atoms with Crippen molar-refractivity contribution in [3.05, 3.63) is 59.9 Å². The van der Waals surface area contributed by atoms with Gasteiger partial charge >= 0.3 is 0 Å². The number of nitrogens with zero attached hydrogens (tertiary/aromatic N) is 1. The van der Waals surface area contributed by atoms with Crippen molar-refractivity contribution in [3.8, 4) is 0 Å². The maximum Gasteiger partial charge on any atom is 0.248 e. The summed E-state index contributed by atoms with van der Waals surface area (Å²) in [4.78, 5) is 18.4. The number of carbonyl (C=O) groups is 1. The summed E-state index contributed by atoms with van der Waals surface area (Å²) < 4.78 is 0. The van der Waals surface area contributed by atoms with E-state index >= 15 is 0 Å². The molecule has 0 aliphatic heterocycles. The average molecular weight is 280 g/mol. The lowest BCUT2D eigenvalue weighted by atomic mass is 10.1. The van der Waals surface area contributed by atoms with Crippen LogP contribution in [0.15, 0.2) is 48.8 Å². The van der Waals surface area contributed by atoms with Gasteiger partial charge in [0.05, 0.1) is 0 Å². The maximum atomic E-state index is 11.0. The van der Waals surface area contributed by atoms with Gasteiger partial charge in [-0.1, -0.05) is 12.1 Å². The number of hydrogen-bond acceptors (Lipinski definition) is 3. The number of aromatic amines is 1. The number of primary amides is 1. The van der Waals surface area contributed by atoms with Crippen molar-refractivity contribution in [1.29, 1.82) is 0 Å². The van der Waals surface area contributed by atoms with Crippen LogP contribution in [0.2, 0.25) is 0 Å². The molecule has 0 atom stereocenters. The van der Waals surface area contributed by atoms with Crippen LogP contribution < -0.4 is 11.1 Å². The monoisotopic (exact) mass is 280 g/mol. The molecule has 0 fully saturated rings. The van der Waals surface area contributed by atoms with Crippen LogP contribution in [0, 0.1) is 0 Å². The molecule has 106 valence electrons. The molecule has 0 saturated heterocycles. The van der Waals surface area contributed by atoms with Crippen molar-refractivity contribution in [2.75, 3.05) is 11.9 Å². The Kier molecular flexibility index (Phi) is 3.55. The Hall–Kier alpha value is -2.82. The van der Waals surface area contributed by atoms with E-state index in [1.165, 1.54) is 0 Å². The summed E-state index contributed by atoms with van der Waals surface area (Å²) in [6, 6.07) is 11.3. The first-order valence-electron chi connectivity index (χ1n) is 6.79. The molecule has 0 spiro atoms. The molecule has 3 rings (SSSR count). The molecule has 0 unspecified atom stereocenters. The second kappa shape index (κ2) is 5.66. The molecular weight excluding hydrogens is 264 g/mol. The summed E-state index contributed by atoms with van der Waals surface area (Å²) in [7, 11) is 0. The van der Waals surface area contributed by atoms with Gasteiger partial charge in [-0.3, -0.25) is 4.79 Å². The quantitative estimate of drug-likeness (QED) is 0.670. The van der Waals surface area contributed by atoms with Crippen LogP contribution in [-0.2, 0) is 6.42 Å². The van der Waals surface area contributed by atoms with E-state index in [0.717, 1.165) is 35.2 Å². The molecule has 21 heavy (non-hydrogen) atoms. The molecule has 1 aromatic carbocycles. The second-order valence-corrected chi connectivity index (χ2v) is 4.84. The standard InChI is InChI=1S/C16H16N4O/c17-15(21)12-3-1-11(2-4-12)5-8-18-14-7-10-20-16-13(14)6-9-19-16/h1-4,6-7,9-10H,5,8H2,(H2,17,21)(H2,18,19,20). The highest BCUT2D eigenvalue weighted by Gasteiger charge is 2.03. The minimum absolute atomic E-state index is 0.397. The predicted molar refractivity (Wildman–Crippen MR) is 83.2 cm³/mol. The van der Waals surface area contributed by atoms with Crippen molar-refractivity contribution in [3.63, 3.8) is 0 Å². The molecule has 0 aliphatic rings. The van der Waals surface area contributed by atoms with Gasteiger partial charge in [0, 0.05) is 35.6 Å². The number of amides is 1. The lowest BCUT2D eigenvalue weighted by Gasteiger charge is -2.08. The number of pyridine rings is 1. The lowest BCUT2D eigenvalue weighted by molar-refractivity contribution is 0.100. The van der Waals surface area contributed by atoms with Crippen molar-refractivity contribution in [2.45, 2.75) is 6.42 Å². The zero-order valence-electron chi connectivity index (χ0n) is 11.5. The highest BCUT2D eigenvalue weighted by atomic mass is 16.1. The molecule has 2 heterocycles. The Bertz CT molecular complexity index is 761. The number of hydrogen-bond donors (Lipinski definition) is 3. The summed E-state index contributed by atoms with van der Waals surface area (Å²) in [5.41, 5.74) is 8.86. The van der Waals surface area contributed by atoms with Crippen LogP contribution in [-0.4, -0.2) is 22.4 Å². The van der Waals surface area contributed by atoms with E-state index < -0.39 is 5.91 Å². The molecule has 3 aromatic rings. The summed E-state index contributed by atoms with van der Waals surface area (Å²) in [6.07, 6.45) is 4.53. The number of aromatic nitrogens is 2. The van der Waals surface area contributed by atoms with Crippen LogP contribution in [0.4, 0.5) is 5.69 Å². The summed E-state index contributed by atoms with van der Waals surface area (Å²) in [5.74, 6) is -0.397. The Morgan fingerprint density at radius 2 is 2.00 bits per heavy atom. The Labute approximate surface area is 122 Å². The molecular formula is C16H16N4O. The van der Waals surface area contributed by atoms with Gasteiger partial charge in [-0.05, 0) is 36.2 Å². The van der Waals surface area contributed by atoms with Gasteiger partial charge in [-0.25, -0.2) is 4.98 Å². The fourth-order valence-corrected chi connectivity index (χ4v) is 2.29. The fourth-order valence-electron chi connectivity index (χ4n) is 2.29. The number of anilines is 1. The zero-order chi connectivity index (χ0) is 14.7. The van der Waals surface area contributed by atoms with Crippen LogP contribution in [0.3, 0.4) is 0 Å². The van der Waals surface area contributed by atoms with Crippen molar-refractivity contribution >= 4 is 22.6 Å². The second-order valence-electron chi connectivity index (χ2n) is 4.84. The number of rotatable bonds is 5. The SMILES string of the molecule is NC(=O)c1ccc(CCNc2ccnc3[nH]ccc23)cc1. The number of benzene rings is 1. The normalized spacial score (nSPS) is 10.7. The first kappa shape index (κ1) is 13.2. The number of carbonyl (C=O) groups excluding carboxylic acids is 1. The molecule has 0 radical (unpaired) electrons. The summed E-state index contributed by atoms with van der Waals surface area (Å²) in [6.45, 7) is 0.806. The van der Waals surface area contributed by atoms with E-state index in [1.54, 1.807) is 18.3 Å². The molecule has 5 nitrogen and oxygen atoms in total. The number of nitrogens with one attached hydrogen (secondary N) is 2. The third-order valence-corrected chi connectivity index (χ3v) is 3.43. The van der Waals surface area contributed by atoms with Crippen LogP contribution in [0.1, 0.15) is 15.9 Å². The molecule has 5 heteroatoms. The Morgan fingerprint density at radius 1 is 1.19 bits per heavy atom. The lowest BCUT2D eigenvalue weighted by Crippen LogP contribution is -2.11. The Balaban J connectivity index is 1.63. The molecule has 4 N–H and O–H groups in total. The van der Waals surface area contributed by atoms with Gasteiger partial charge in [-0.15, -0.1) is 0 Å². The van der Waals surface area contributed by atoms with E-state index in [1.807, 2.05) is 30.5 Å². The van der Waals surface area contributed by atoms with Crippen molar-refractivity contribution in [1.82, 2.24) is 9.97 Å². The minimum Gasteiger partial charge on any atom is -0.384 e. The highest BCUT2D eigenvalue weighted by Crippen LogP contribution is 2.20. The highest BCUT2D eigenvalue weighted by molar-refractivity contribution is 5.92.